The van der Waals surface area contributed by atoms with Crippen LogP contribution in [0.3, 0.4) is 0 Å². The molecule has 4 aromatic rings. The molecule has 3 heterocycles. The second-order valence-electron chi connectivity index (χ2n) is 8.51. The maximum absolute atomic E-state index is 6.54. The maximum Gasteiger partial charge on any atom is 0.164 e. The normalized spacial score (nSPS) is 16.9. The first-order valence-electron chi connectivity index (χ1n) is 10.9. The predicted octanol–water partition coefficient (Wildman–Crippen LogP) is 5.41. The summed E-state index contributed by atoms with van der Waals surface area (Å²) in [4.78, 5) is 9.65. The molecule has 1 fully saturated rings. The molecule has 2 aliphatic rings. The fraction of sp³-hybridized carbons (Fsp3) is 0.192. The van der Waals surface area contributed by atoms with E-state index in [-0.39, 0.29) is 5.54 Å². The number of aliphatic imine (C=N–C) groups is 1. The molecule has 1 aliphatic carbocycles. The van der Waals surface area contributed by atoms with Crippen LogP contribution in [0.4, 0.5) is 0 Å². The number of fused-ring (bicyclic) bond motifs is 1. The number of hydrogen-bond donors (Lipinski definition) is 1. The van der Waals surface area contributed by atoms with Crippen molar-refractivity contribution in [2.45, 2.75) is 24.8 Å². The Kier molecular flexibility index (Phi) is 4.49. The number of rotatable bonds is 4. The van der Waals surface area contributed by atoms with E-state index >= 15 is 0 Å². The lowest BCUT2D eigenvalue weighted by molar-refractivity contribution is 0.253. The molecule has 0 spiro atoms. The molecule has 6 heteroatoms. The van der Waals surface area contributed by atoms with Crippen LogP contribution in [0.2, 0.25) is 5.15 Å². The van der Waals surface area contributed by atoms with Crippen molar-refractivity contribution < 1.29 is 0 Å². The van der Waals surface area contributed by atoms with Crippen LogP contribution in [0.5, 0.6) is 0 Å². The molecular weight excluding hydrogens is 418 g/mol. The van der Waals surface area contributed by atoms with Crippen LogP contribution in [0.1, 0.15) is 30.4 Å². The molecule has 2 aromatic heterocycles. The van der Waals surface area contributed by atoms with Crippen molar-refractivity contribution >= 4 is 23.0 Å². The minimum atomic E-state index is -0.186. The summed E-state index contributed by atoms with van der Waals surface area (Å²) in [7, 11) is 0. The second-order valence-corrected chi connectivity index (χ2v) is 8.89. The number of hydrogen-bond acceptors (Lipinski definition) is 4. The van der Waals surface area contributed by atoms with Crippen LogP contribution < -0.4 is 5.73 Å². The molecule has 32 heavy (non-hydrogen) atoms. The third-order valence-corrected chi connectivity index (χ3v) is 6.68. The van der Waals surface area contributed by atoms with E-state index in [1.807, 2.05) is 40.9 Å². The number of nitrogens with two attached hydrogens (primary N) is 1. The van der Waals surface area contributed by atoms with Gasteiger partial charge in [0.25, 0.3) is 0 Å². The zero-order chi connectivity index (χ0) is 21.7. The van der Waals surface area contributed by atoms with Gasteiger partial charge in [0.15, 0.2) is 10.8 Å². The predicted molar refractivity (Wildman–Crippen MR) is 129 cm³/mol. The van der Waals surface area contributed by atoms with E-state index in [4.69, 9.17) is 22.3 Å². The molecule has 2 aromatic carbocycles. The second kappa shape index (κ2) is 7.40. The van der Waals surface area contributed by atoms with Gasteiger partial charge in [0.2, 0.25) is 0 Å². The minimum absolute atomic E-state index is 0.186. The molecule has 2 N–H and O–H groups in total. The molecule has 158 valence electrons. The lowest BCUT2D eigenvalue weighted by Gasteiger charge is -2.38. The molecule has 0 bridgehead atoms. The molecule has 0 unspecified atom stereocenters. The van der Waals surface area contributed by atoms with E-state index in [1.165, 1.54) is 12.0 Å². The zero-order valence-corrected chi connectivity index (χ0v) is 18.3. The van der Waals surface area contributed by atoms with E-state index < -0.39 is 0 Å². The lowest BCUT2D eigenvalue weighted by atomic mass is 9.72. The summed E-state index contributed by atoms with van der Waals surface area (Å²) in [5.41, 5.74) is 13.9. The van der Waals surface area contributed by atoms with Crippen molar-refractivity contribution in [1.82, 2.24) is 14.6 Å². The third-order valence-electron chi connectivity index (χ3n) is 6.50. The van der Waals surface area contributed by atoms with Crippen molar-refractivity contribution in [1.29, 1.82) is 0 Å². The van der Waals surface area contributed by atoms with Crippen LogP contribution in [0, 0.1) is 0 Å². The first-order valence-corrected chi connectivity index (χ1v) is 11.3. The van der Waals surface area contributed by atoms with Crippen LogP contribution in [0.25, 0.3) is 28.2 Å². The van der Waals surface area contributed by atoms with Crippen molar-refractivity contribution in [3.8, 4) is 22.5 Å². The maximum atomic E-state index is 6.54. The Balaban J connectivity index is 1.59. The highest BCUT2D eigenvalue weighted by Gasteiger charge is 2.34. The van der Waals surface area contributed by atoms with Crippen LogP contribution in [-0.4, -0.2) is 26.9 Å². The highest BCUT2D eigenvalue weighted by Crippen LogP contribution is 2.40. The molecule has 0 radical (unpaired) electrons. The van der Waals surface area contributed by atoms with Crippen molar-refractivity contribution in [2.75, 3.05) is 6.54 Å². The number of halogens is 1. The summed E-state index contributed by atoms with van der Waals surface area (Å²) in [5, 5.41) is 5.03. The third kappa shape index (κ3) is 3.08. The van der Waals surface area contributed by atoms with Gasteiger partial charge in [-0.2, -0.15) is 5.10 Å². The van der Waals surface area contributed by atoms with Gasteiger partial charge in [-0.1, -0.05) is 72.3 Å². The zero-order valence-electron chi connectivity index (χ0n) is 17.5. The van der Waals surface area contributed by atoms with E-state index in [0.717, 1.165) is 52.3 Å². The molecule has 1 aliphatic heterocycles. The Morgan fingerprint density at radius 1 is 0.969 bits per heavy atom. The largest absolute Gasteiger partial charge is 0.321 e. The first-order chi connectivity index (χ1) is 15.6. The standard InChI is InChI=1S/C26H22ClN5/c27-22-16-20(21-8-4-15-29-21)25-30-23(24(32(25)31-22)18-6-2-1-3-7-18)17-9-11-19(12-10-17)26(28)13-5-14-26/h1-4,6-12,16H,5,13-15,28H2. The monoisotopic (exact) mass is 439 g/mol. The summed E-state index contributed by atoms with van der Waals surface area (Å²) in [6, 6.07) is 20.5. The van der Waals surface area contributed by atoms with Crippen molar-refractivity contribution in [2.24, 2.45) is 10.7 Å². The number of nitrogens with zero attached hydrogens (tertiary/aromatic N) is 4. The number of aromatic nitrogens is 3. The molecule has 5 nitrogen and oxygen atoms in total. The smallest absolute Gasteiger partial charge is 0.164 e. The fourth-order valence-electron chi connectivity index (χ4n) is 4.59. The molecule has 0 atom stereocenters. The van der Waals surface area contributed by atoms with Gasteiger partial charge in [0.05, 0.1) is 18.0 Å². The summed E-state index contributed by atoms with van der Waals surface area (Å²) in [6.45, 7) is 0.669. The quantitative estimate of drug-likeness (QED) is 0.462. The van der Waals surface area contributed by atoms with Gasteiger partial charge in [-0.25, -0.2) is 9.50 Å². The lowest BCUT2D eigenvalue weighted by Crippen LogP contribution is -2.43. The first kappa shape index (κ1) is 19.4. The Labute approximate surface area is 191 Å². The topological polar surface area (TPSA) is 68.6 Å². The van der Waals surface area contributed by atoms with Gasteiger partial charge in [-0.05, 0) is 37.0 Å². The number of allylic oxidation sites excluding steroid dienone is 1. The summed E-state index contributed by atoms with van der Waals surface area (Å²) in [5.74, 6) is 0. The SMILES string of the molecule is NC1(c2ccc(-c3nc4c(C5=NCC=C5)cc(Cl)nn4c3-c3ccccc3)cc2)CCC1. The van der Waals surface area contributed by atoms with E-state index in [0.29, 0.717) is 11.7 Å². The van der Waals surface area contributed by atoms with Crippen molar-refractivity contribution in [3.63, 3.8) is 0 Å². The summed E-state index contributed by atoms with van der Waals surface area (Å²) >= 11 is 6.46. The van der Waals surface area contributed by atoms with Gasteiger partial charge < -0.3 is 5.73 Å². The molecule has 1 saturated carbocycles. The van der Waals surface area contributed by atoms with Gasteiger partial charge in [0, 0.05) is 22.2 Å². The summed E-state index contributed by atoms with van der Waals surface area (Å²) in [6.07, 6.45) is 7.31. The van der Waals surface area contributed by atoms with Gasteiger partial charge >= 0.3 is 0 Å². The van der Waals surface area contributed by atoms with Crippen LogP contribution in [-0.2, 0) is 5.54 Å². The summed E-state index contributed by atoms with van der Waals surface area (Å²) < 4.78 is 1.85. The fourth-order valence-corrected chi connectivity index (χ4v) is 4.77. The molecular formula is C26H22ClN5. The molecule has 0 amide bonds. The number of imidazole rings is 1. The van der Waals surface area contributed by atoms with Gasteiger partial charge in [0.1, 0.15) is 5.69 Å². The van der Waals surface area contributed by atoms with E-state index in [9.17, 15) is 0 Å². The Morgan fingerprint density at radius 2 is 1.75 bits per heavy atom. The van der Waals surface area contributed by atoms with Crippen LogP contribution in [0.15, 0.2) is 77.8 Å². The minimum Gasteiger partial charge on any atom is -0.321 e. The highest BCUT2D eigenvalue weighted by atomic mass is 35.5. The average molecular weight is 440 g/mol. The highest BCUT2D eigenvalue weighted by molar-refractivity contribution is 6.30. The number of benzene rings is 2. The van der Waals surface area contributed by atoms with Crippen molar-refractivity contribution in [3.05, 3.63) is 89.1 Å². The molecule has 0 saturated heterocycles. The molecule has 6 rings (SSSR count). The Bertz CT molecular complexity index is 1380. The van der Waals surface area contributed by atoms with Gasteiger partial charge in [-0.15, -0.1) is 0 Å². The Hall–Kier alpha value is -3.28. The van der Waals surface area contributed by atoms with Crippen LogP contribution >= 0.6 is 11.6 Å². The van der Waals surface area contributed by atoms with E-state index in [1.54, 1.807) is 0 Å². The van der Waals surface area contributed by atoms with Gasteiger partial charge in [-0.3, -0.25) is 4.99 Å². The van der Waals surface area contributed by atoms with E-state index in [2.05, 4.69) is 46.5 Å². The average Bonchev–Trinajstić information content (AvgIpc) is 3.46. The Morgan fingerprint density at radius 3 is 2.41 bits per heavy atom.